The SMILES string of the molecule is CNC1CCCN(S(=O)(=O)c2ccc(Cl)cc2C)C1. The molecule has 1 unspecified atom stereocenters. The maximum absolute atomic E-state index is 12.6. The third-order valence-electron chi connectivity index (χ3n) is 3.55. The molecule has 1 N–H and O–H groups in total. The largest absolute Gasteiger partial charge is 0.316 e. The lowest BCUT2D eigenvalue weighted by Crippen LogP contribution is -2.46. The first-order valence-electron chi connectivity index (χ1n) is 6.38. The van der Waals surface area contributed by atoms with E-state index in [9.17, 15) is 8.42 Å². The normalized spacial score (nSPS) is 21.5. The summed E-state index contributed by atoms with van der Waals surface area (Å²) >= 11 is 5.88. The molecular formula is C13H19ClN2O2S. The molecule has 1 atom stereocenters. The van der Waals surface area contributed by atoms with Crippen LogP contribution < -0.4 is 5.32 Å². The van der Waals surface area contributed by atoms with Crippen molar-refractivity contribution in [2.75, 3.05) is 20.1 Å². The van der Waals surface area contributed by atoms with Crippen molar-refractivity contribution in [1.82, 2.24) is 9.62 Å². The van der Waals surface area contributed by atoms with Gasteiger partial charge in [-0.2, -0.15) is 4.31 Å². The van der Waals surface area contributed by atoms with Gasteiger partial charge in [-0.05, 0) is 50.6 Å². The van der Waals surface area contributed by atoms with E-state index in [1.165, 1.54) is 0 Å². The summed E-state index contributed by atoms with van der Waals surface area (Å²) in [4.78, 5) is 0.355. The molecule has 0 aromatic heterocycles. The molecule has 106 valence electrons. The minimum absolute atomic E-state index is 0.233. The first-order chi connectivity index (χ1) is 8.95. The highest BCUT2D eigenvalue weighted by Gasteiger charge is 2.30. The highest BCUT2D eigenvalue weighted by atomic mass is 35.5. The second-order valence-electron chi connectivity index (χ2n) is 4.90. The molecule has 1 saturated heterocycles. The predicted molar refractivity (Wildman–Crippen MR) is 77.0 cm³/mol. The van der Waals surface area contributed by atoms with Crippen LogP contribution >= 0.6 is 11.6 Å². The molecule has 1 heterocycles. The van der Waals surface area contributed by atoms with Crippen LogP contribution in [0.15, 0.2) is 23.1 Å². The highest BCUT2D eigenvalue weighted by molar-refractivity contribution is 7.89. The Balaban J connectivity index is 2.31. The Bertz CT molecular complexity index is 560. The molecule has 1 aliphatic heterocycles. The smallest absolute Gasteiger partial charge is 0.243 e. The lowest BCUT2D eigenvalue weighted by atomic mass is 10.1. The van der Waals surface area contributed by atoms with E-state index in [2.05, 4.69) is 5.32 Å². The van der Waals surface area contributed by atoms with Crippen LogP contribution in [0.3, 0.4) is 0 Å². The molecule has 0 radical (unpaired) electrons. The molecule has 0 saturated carbocycles. The van der Waals surface area contributed by atoms with Crippen LogP contribution in [0.5, 0.6) is 0 Å². The van der Waals surface area contributed by atoms with E-state index in [1.807, 2.05) is 7.05 Å². The summed E-state index contributed by atoms with van der Waals surface area (Å²) in [5.74, 6) is 0. The van der Waals surface area contributed by atoms with E-state index < -0.39 is 10.0 Å². The summed E-state index contributed by atoms with van der Waals surface area (Å²) < 4.78 is 26.8. The lowest BCUT2D eigenvalue weighted by molar-refractivity contribution is 0.292. The second kappa shape index (κ2) is 5.79. The first-order valence-corrected chi connectivity index (χ1v) is 8.20. The molecule has 1 aromatic carbocycles. The Hall–Kier alpha value is -0.620. The fourth-order valence-corrected chi connectivity index (χ4v) is 4.39. The van der Waals surface area contributed by atoms with Crippen LogP contribution in [-0.2, 0) is 10.0 Å². The Kier molecular flexibility index (Phi) is 4.50. The molecule has 0 aliphatic carbocycles. The standard InChI is InChI=1S/C13H19ClN2O2S/c1-10-8-11(14)5-6-13(10)19(17,18)16-7-3-4-12(9-16)15-2/h5-6,8,12,15H,3-4,7,9H2,1-2H3. The fourth-order valence-electron chi connectivity index (χ4n) is 2.44. The maximum atomic E-state index is 12.6. The molecule has 0 bridgehead atoms. The molecule has 0 amide bonds. The van der Waals surface area contributed by atoms with Gasteiger partial charge in [0.2, 0.25) is 10.0 Å². The summed E-state index contributed by atoms with van der Waals surface area (Å²) in [6, 6.07) is 5.14. The van der Waals surface area contributed by atoms with Crippen molar-refractivity contribution in [3.8, 4) is 0 Å². The molecule has 19 heavy (non-hydrogen) atoms. The van der Waals surface area contributed by atoms with Crippen LogP contribution in [-0.4, -0.2) is 38.9 Å². The molecule has 4 nitrogen and oxygen atoms in total. The van der Waals surface area contributed by atoms with Gasteiger partial charge in [0.1, 0.15) is 0 Å². The average Bonchev–Trinajstić information content (AvgIpc) is 2.38. The van der Waals surface area contributed by atoms with Crippen LogP contribution in [0.2, 0.25) is 5.02 Å². The third kappa shape index (κ3) is 3.11. The molecule has 1 aliphatic rings. The van der Waals surface area contributed by atoms with Crippen LogP contribution in [0, 0.1) is 6.92 Å². The van der Waals surface area contributed by atoms with Gasteiger partial charge in [0.25, 0.3) is 0 Å². The summed E-state index contributed by atoms with van der Waals surface area (Å²) in [5.41, 5.74) is 0.694. The summed E-state index contributed by atoms with van der Waals surface area (Å²) in [5, 5.41) is 3.71. The number of nitrogens with zero attached hydrogens (tertiary/aromatic N) is 1. The van der Waals surface area contributed by atoms with Gasteiger partial charge in [0.15, 0.2) is 0 Å². The van der Waals surface area contributed by atoms with Gasteiger partial charge in [-0.25, -0.2) is 8.42 Å². The third-order valence-corrected chi connectivity index (χ3v) is 5.81. The van der Waals surface area contributed by atoms with Gasteiger partial charge in [0, 0.05) is 24.2 Å². The molecule has 1 fully saturated rings. The van der Waals surface area contributed by atoms with Crippen molar-refractivity contribution in [2.24, 2.45) is 0 Å². The zero-order valence-corrected chi connectivity index (χ0v) is 12.8. The van der Waals surface area contributed by atoms with E-state index in [1.54, 1.807) is 29.4 Å². The lowest BCUT2D eigenvalue weighted by Gasteiger charge is -2.32. The van der Waals surface area contributed by atoms with Crippen LogP contribution in [0.4, 0.5) is 0 Å². The molecule has 6 heteroatoms. The van der Waals surface area contributed by atoms with Gasteiger partial charge >= 0.3 is 0 Å². The number of sulfonamides is 1. The molecule has 2 rings (SSSR count). The second-order valence-corrected chi connectivity index (χ2v) is 7.24. The van der Waals surface area contributed by atoms with Crippen LogP contribution in [0.25, 0.3) is 0 Å². The maximum Gasteiger partial charge on any atom is 0.243 e. The number of piperidine rings is 1. The van der Waals surface area contributed by atoms with E-state index in [4.69, 9.17) is 11.6 Å². The van der Waals surface area contributed by atoms with Crippen molar-refractivity contribution >= 4 is 21.6 Å². The number of likely N-dealkylation sites (N-methyl/N-ethyl adjacent to an activating group) is 1. The Labute approximate surface area is 119 Å². The Morgan fingerprint density at radius 2 is 2.16 bits per heavy atom. The van der Waals surface area contributed by atoms with Crippen molar-refractivity contribution in [1.29, 1.82) is 0 Å². The number of halogens is 1. The summed E-state index contributed by atoms with van der Waals surface area (Å²) in [6.07, 6.45) is 1.90. The van der Waals surface area contributed by atoms with Crippen LogP contribution in [0.1, 0.15) is 18.4 Å². The van der Waals surface area contributed by atoms with Crippen molar-refractivity contribution in [3.63, 3.8) is 0 Å². The topological polar surface area (TPSA) is 49.4 Å². The monoisotopic (exact) mass is 302 g/mol. The van der Waals surface area contributed by atoms with Crippen molar-refractivity contribution in [2.45, 2.75) is 30.7 Å². The van der Waals surface area contributed by atoms with E-state index >= 15 is 0 Å². The van der Waals surface area contributed by atoms with E-state index in [-0.39, 0.29) is 6.04 Å². The van der Waals surface area contributed by atoms with Gasteiger partial charge in [-0.15, -0.1) is 0 Å². The quantitative estimate of drug-likeness (QED) is 0.929. The number of hydrogen-bond acceptors (Lipinski definition) is 3. The predicted octanol–water partition coefficient (Wildman–Crippen LogP) is 2.02. The minimum atomic E-state index is -3.42. The number of aryl methyl sites for hydroxylation is 1. The van der Waals surface area contributed by atoms with E-state index in [0.717, 1.165) is 12.8 Å². The number of rotatable bonds is 3. The fraction of sp³-hybridized carbons (Fsp3) is 0.538. The first kappa shape index (κ1) is 14.8. The van der Waals surface area contributed by atoms with Gasteiger partial charge < -0.3 is 5.32 Å². The number of hydrogen-bond donors (Lipinski definition) is 1. The highest BCUT2D eigenvalue weighted by Crippen LogP contribution is 2.25. The Morgan fingerprint density at radius 1 is 1.42 bits per heavy atom. The van der Waals surface area contributed by atoms with Gasteiger partial charge in [0.05, 0.1) is 4.90 Å². The number of benzene rings is 1. The zero-order valence-electron chi connectivity index (χ0n) is 11.2. The summed E-state index contributed by atoms with van der Waals surface area (Å²) in [6.45, 7) is 2.89. The summed E-state index contributed by atoms with van der Waals surface area (Å²) in [7, 11) is -1.55. The average molecular weight is 303 g/mol. The molecular weight excluding hydrogens is 284 g/mol. The van der Waals surface area contributed by atoms with Gasteiger partial charge in [-0.1, -0.05) is 11.6 Å². The van der Waals surface area contributed by atoms with Crippen molar-refractivity contribution in [3.05, 3.63) is 28.8 Å². The van der Waals surface area contributed by atoms with E-state index in [0.29, 0.717) is 28.6 Å². The van der Waals surface area contributed by atoms with Crippen molar-refractivity contribution < 1.29 is 8.42 Å². The number of nitrogens with one attached hydrogen (secondary N) is 1. The Morgan fingerprint density at radius 3 is 2.79 bits per heavy atom. The van der Waals surface area contributed by atoms with Gasteiger partial charge in [-0.3, -0.25) is 0 Å². The minimum Gasteiger partial charge on any atom is -0.316 e. The molecule has 0 spiro atoms. The zero-order chi connectivity index (χ0) is 14.0. The molecule has 1 aromatic rings.